The van der Waals surface area contributed by atoms with E-state index in [2.05, 4.69) is 31.1 Å². The van der Waals surface area contributed by atoms with Crippen molar-refractivity contribution in [3.8, 4) is 11.4 Å². The Morgan fingerprint density at radius 2 is 1.85 bits per heavy atom. The minimum Gasteiger partial charge on any atom is -0.481 e. The minimum absolute atomic E-state index is 0.121. The van der Waals surface area contributed by atoms with Gasteiger partial charge in [0.15, 0.2) is 6.10 Å². The second kappa shape index (κ2) is 9.39. The molecule has 174 valence electrons. The van der Waals surface area contributed by atoms with E-state index in [1.54, 1.807) is 48.8 Å². The average molecular weight is 457 g/mol. The van der Waals surface area contributed by atoms with Crippen LogP contribution in [-0.4, -0.2) is 21.6 Å². The molecule has 4 aromatic rings. The van der Waals surface area contributed by atoms with Crippen LogP contribution in [0.15, 0.2) is 83.9 Å². The highest BCUT2D eigenvalue weighted by atomic mass is 16.5. The molecule has 1 amide bonds. The van der Waals surface area contributed by atoms with E-state index in [1.165, 1.54) is 10.6 Å². The van der Waals surface area contributed by atoms with Crippen molar-refractivity contribution in [2.75, 3.05) is 11.1 Å². The van der Waals surface area contributed by atoms with E-state index in [4.69, 9.17) is 10.5 Å². The van der Waals surface area contributed by atoms with Crippen LogP contribution in [0.2, 0.25) is 0 Å². The number of pyridine rings is 2. The summed E-state index contributed by atoms with van der Waals surface area (Å²) in [7, 11) is 0. The molecule has 0 saturated heterocycles. The fourth-order valence-electron chi connectivity index (χ4n) is 3.72. The van der Waals surface area contributed by atoms with Crippen molar-refractivity contribution in [1.29, 1.82) is 0 Å². The number of fused-ring (bicyclic) bond motifs is 1. The standard InChI is InChI=1S/C27H28N4O3/c1-27(2,3)17-23(34-21-12-7-18-13-14-29-25(28)22(18)16-21)26(33)30-19-8-10-20(11-9-19)31-15-5-4-6-24(31)32/h4-16,23H,17H2,1-3H3,(H2,28,29)(H,30,33). The molecule has 0 spiro atoms. The van der Waals surface area contributed by atoms with Gasteiger partial charge in [-0.25, -0.2) is 4.98 Å². The van der Waals surface area contributed by atoms with Gasteiger partial charge in [0.25, 0.3) is 11.5 Å². The second-order valence-electron chi connectivity index (χ2n) is 9.40. The summed E-state index contributed by atoms with van der Waals surface area (Å²) in [4.78, 5) is 29.4. The van der Waals surface area contributed by atoms with Gasteiger partial charge in [-0.05, 0) is 65.8 Å². The molecule has 7 nitrogen and oxygen atoms in total. The number of carbonyl (C=O) groups is 1. The Morgan fingerprint density at radius 3 is 2.56 bits per heavy atom. The fraction of sp³-hybridized carbons (Fsp3) is 0.222. The second-order valence-corrected chi connectivity index (χ2v) is 9.40. The van der Waals surface area contributed by atoms with Crippen LogP contribution in [0.5, 0.6) is 5.75 Å². The van der Waals surface area contributed by atoms with Crippen LogP contribution in [-0.2, 0) is 4.79 Å². The van der Waals surface area contributed by atoms with Crippen molar-refractivity contribution in [2.24, 2.45) is 5.41 Å². The van der Waals surface area contributed by atoms with Crippen LogP contribution in [0.25, 0.3) is 16.5 Å². The van der Waals surface area contributed by atoms with E-state index in [9.17, 15) is 9.59 Å². The van der Waals surface area contributed by atoms with Gasteiger partial charge < -0.3 is 15.8 Å². The van der Waals surface area contributed by atoms with Crippen molar-refractivity contribution < 1.29 is 9.53 Å². The Kier molecular flexibility index (Phi) is 6.36. The first kappa shape index (κ1) is 23.0. The molecule has 0 aliphatic carbocycles. The van der Waals surface area contributed by atoms with E-state index in [1.807, 2.05) is 24.3 Å². The summed E-state index contributed by atoms with van der Waals surface area (Å²) in [6.07, 6.45) is 3.16. The monoisotopic (exact) mass is 456 g/mol. The molecule has 0 bridgehead atoms. The molecule has 2 aromatic heterocycles. The largest absolute Gasteiger partial charge is 0.481 e. The smallest absolute Gasteiger partial charge is 0.265 e. The van der Waals surface area contributed by atoms with Gasteiger partial charge in [0.2, 0.25) is 0 Å². The first-order valence-corrected chi connectivity index (χ1v) is 11.1. The number of carbonyl (C=O) groups excluding carboxylic acids is 1. The first-order chi connectivity index (χ1) is 16.2. The van der Waals surface area contributed by atoms with E-state index in [0.717, 1.165) is 10.8 Å². The summed E-state index contributed by atoms with van der Waals surface area (Å²) in [6.45, 7) is 6.18. The number of benzene rings is 2. The van der Waals surface area contributed by atoms with E-state index < -0.39 is 6.10 Å². The summed E-state index contributed by atoms with van der Waals surface area (Å²) in [6, 6.07) is 19.5. The van der Waals surface area contributed by atoms with Crippen molar-refractivity contribution in [2.45, 2.75) is 33.3 Å². The molecule has 34 heavy (non-hydrogen) atoms. The normalized spacial score (nSPS) is 12.3. The minimum atomic E-state index is -0.716. The molecule has 2 heterocycles. The lowest BCUT2D eigenvalue weighted by atomic mass is 9.89. The molecule has 0 aliphatic rings. The maximum absolute atomic E-state index is 13.2. The van der Waals surface area contributed by atoms with Gasteiger partial charge >= 0.3 is 0 Å². The molecule has 7 heteroatoms. The number of nitrogens with one attached hydrogen (secondary N) is 1. The van der Waals surface area contributed by atoms with Gasteiger partial charge in [0.05, 0.1) is 0 Å². The number of nitrogens with two attached hydrogens (primary N) is 1. The maximum atomic E-state index is 13.2. The van der Waals surface area contributed by atoms with Gasteiger partial charge in [-0.15, -0.1) is 0 Å². The predicted molar refractivity (Wildman–Crippen MR) is 135 cm³/mol. The first-order valence-electron chi connectivity index (χ1n) is 11.1. The quantitative estimate of drug-likeness (QED) is 0.435. The zero-order valence-electron chi connectivity index (χ0n) is 19.5. The highest BCUT2D eigenvalue weighted by Gasteiger charge is 2.27. The number of hydrogen-bond acceptors (Lipinski definition) is 5. The number of hydrogen-bond donors (Lipinski definition) is 2. The number of aromatic nitrogens is 2. The Labute approximate surface area is 198 Å². The highest BCUT2D eigenvalue weighted by Crippen LogP contribution is 2.28. The Balaban J connectivity index is 1.54. The van der Waals surface area contributed by atoms with Crippen molar-refractivity contribution >= 4 is 28.2 Å². The van der Waals surface area contributed by atoms with Crippen LogP contribution >= 0.6 is 0 Å². The molecule has 0 radical (unpaired) electrons. The number of nitrogens with zero attached hydrogens (tertiary/aromatic N) is 2. The predicted octanol–water partition coefficient (Wildman–Crippen LogP) is 4.79. The number of anilines is 2. The van der Waals surface area contributed by atoms with Gasteiger partial charge in [0, 0.05) is 35.2 Å². The molecule has 4 rings (SSSR count). The lowest BCUT2D eigenvalue weighted by molar-refractivity contribution is -0.124. The lowest BCUT2D eigenvalue weighted by Gasteiger charge is -2.26. The molecule has 0 aliphatic heterocycles. The summed E-state index contributed by atoms with van der Waals surface area (Å²) < 4.78 is 7.69. The lowest BCUT2D eigenvalue weighted by Crippen LogP contribution is -2.36. The summed E-state index contributed by atoms with van der Waals surface area (Å²) >= 11 is 0. The van der Waals surface area contributed by atoms with Crippen molar-refractivity contribution in [3.05, 3.63) is 89.5 Å². The summed E-state index contributed by atoms with van der Waals surface area (Å²) in [5, 5.41) is 4.67. The van der Waals surface area contributed by atoms with Crippen LogP contribution in [0.1, 0.15) is 27.2 Å². The molecule has 1 unspecified atom stereocenters. The van der Waals surface area contributed by atoms with Crippen LogP contribution in [0.3, 0.4) is 0 Å². The molecule has 0 saturated carbocycles. The van der Waals surface area contributed by atoms with Gasteiger partial charge in [-0.2, -0.15) is 0 Å². The SMILES string of the molecule is CC(C)(C)CC(Oc1ccc2ccnc(N)c2c1)C(=O)Nc1ccc(-n2ccccc2=O)cc1. The van der Waals surface area contributed by atoms with Gasteiger partial charge in [-0.3, -0.25) is 14.2 Å². The van der Waals surface area contributed by atoms with E-state index in [-0.39, 0.29) is 16.9 Å². The molecular formula is C27H28N4O3. The van der Waals surface area contributed by atoms with Gasteiger partial charge in [-0.1, -0.05) is 32.9 Å². The topological polar surface area (TPSA) is 99.2 Å². The van der Waals surface area contributed by atoms with Gasteiger partial charge in [0.1, 0.15) is 11.6 Å². The molecular weight excluding hydrogens is 428 g/mol. The molecule has 1 atom stereocenters. The molecule has 2 aromatic carbocycles. The maximum Gasteiger partial charge on any atom is 0.265 e. The van der Waals surface area contributed by atoms with E-state index in [0.29, 0.717) is 29.4 Å². The molecule has 0 fully saturated rings. The number of nitrogen functional groups attached to an aromatic ring is 1. The summed E-state index contributed by atoms with van der Waals surface area (Å²) in [5.41, 5.74) is 7.09. The Hall–Kier alpha value is -4.13. The van der Waals surface area contributed by atoms with Crippen molar-refractivity contribution in [1.82, 2.24) is 9.55 Å². The highest BCUT2D eigenvalue weighted by molar-refractivity contribution is 5.95. The van der Waals surface area contributed by atoms with Crippen LogP contribution in [0, 0.1) is 5.41 Å². The Bertz CT molecular complexity index is 1370. The third-order valence-electron chi connectivity index (χ3n) is 5.37. The number of amides is 1. The number of rotatable bonds is 6. The van der Waals surface area contributed by atoms with Crippen LogP contribution in [0.4, 0.5) is 11.5 Å². The average Bonchev–Trinajstić information content (AvgIpc) is 2.79. The van der Waals surface area contributed by atoms with E-state index >= 15 is 0 Å². The molecule has 3 N–H and O–H groups in total. The van der Waals surface area contributed by atoms with Crippen molar-refractivity contribution in [3.63, 3.8) is 0 Å². The third-order valence-corrected chi connectivity index (χ3v) is 5.37. The number of ether oxygens (including phenoxy) is 1. The summed E-state index contributed by atoms with van der Waals surface area (Å²) in [5.74, 6) is 0.714. The zero-order chi connectivity index (χ0) is 24.3. The van der Waals surface area contributed by atoms with Crippen LogP contribution < -0.4 is 21.3 Å². The third kappa shape index (κ3) is 5.43. The fourth-order valence-corrected chi connectivity index (χ4v) is 3.72. The zero-order valence-corrected chi connectivity index (χ0v) is 19.5. The Morgan fingerprint density at radius 1 is 1.09 bits per heavy atom.